The molecule has 1 heterocycles. The second-order valence-corrected chi connectivity index (χ2v) is 7.69. The van der Waals surface area contributed by atoms with E-state index in [9.17, 15) is 19.2 Å². The van der Waals surface area contributed by atoms with Crippen molar-refractivity contribution in [3.8, 4) is 5.75 Å². The lowest BCUT2D eigenvalue weighted by atomic mass is 10.1. The van der Waals surface area contributed by atoms with Gasteiger partial charge in [0.05, 0.1) is 6.61 Å². The maximum Gasteiger partial charge on any atom is 0.303 e. The van der Waals surface area contributed by atoms with E-state index in [-0.39, 0.29) is 13.2 Å². The van der Waals surface area contributed by atoms with E-state index in [1.807, 2.05) is 18.2 Å². The van der Waals surface area contributed by atoms with Gasteiger partial charge in [0.25, 0.3) is 11.8 Å². The van der Waals surface area contributed by atoms with Crippen molar-refractivity contribution in [2.75, 3.05) is 39.5 Å². The molecule has 0 spiro atoms. The molecule has 0 N–H and O–H groups in total. The summed E-state index contributed by atoms with van der Waals surface area (Å²) in [6.07, 6.45) is 4.13. The van der Waals surface area contributed by atoms with Crippen molar-refractivity contribution in [2.24, 2.45) is 0 Å². The van der Waals surface area contributed by atoms with Crippen LogP contribution in [0.5, 0.6) is 5.75 Å². The highest BCUT2D eigenvalue weighted by molar-refractivity contribution is 5.97. The average Bonchev–Trinajstić information content (AvgIpc) is 2.77. The number of likely N-dealkylation sites (tertiary alicyclic amines) is 1. The van der Waals surface area contributed by atoms with Gasteiger partial charge in [-0.1, -0.05) is 18.6 Å². The molecule has 1 aromatic rings. The van der Waals surface area contributed by atoms with Crippen molar-refractivity contribution in [2.45, 2.75) is 46.1 Å². The standard InChI is InChI=1S/C23H32N2O7/c1-18(26)31-16-22(28)25(23(29)17-32-19(2)27)12-7-13-30-21-9-6-8-20(14-21)15-24-10-4-3-5-11-24/h6,8-9,14H,3-5,7,10-13,15-17H2,1-2H3. The topological polar surface area (TPSA) is 102 Å². The molecule has 9 heteroatoms. The third kappa shape index (κ3) is 9.47. The van der Waals surface area contributed by atoms with Gasteiger partial charge in [0, 0.05) is 26.9 Å². The number of hydrogen-bond donors (Lipinski definition) is 0. The lowest BCUT2D eigenvalue weighted by molar-refractivity contribution is -0.159. The van der Waals surface area contributed by atoms with Crippen molar-refractivity contribution < 1.29 is 33.4 Å². The first-order chi connectivity index (χ1) is 15.3. The number of rotatable bonds is 11. The molecule has 0 unspecified atom stereocenters. The fourth-order valence-electron chi connectivity index (χ4n) is 3.39. The van der Waals surface area contributed by atoms with Gasteiger partial charge in [-0.2, -0.15) is 0 Å². The van der Waals surface area contributed by atoms with E-state index in [2.05, 4.69) is 20.4 Å². The molecule has 1 aliphatic heterocycles. The van der Waals surface area contributed by atoms with Gasteiger partial charge in [-0.3, -0.25) is 29.0 Å². The summed E-state index contributed by atoms with van der Waals surface area (Å²) < 4.78 is 15.2. The second kappa shape index (κ2) is 13.5. The van der Waals surface area contributed by atoms with Crippen molar-refractivity contribution in [3.63, 3.8) is 0 Å². The second-order valence-electron chi connectivity index (χ2n) is 7.69. The molecule has 9 nitrogen and oxygen atoms in total. The largest absolute Gasteiger partial charge is 0.494 e. The summed E-state index contributed by atoms with van der Waals surface area (Å²) in [5.41, 5.74) is 1.18. The van der Waals surface area contributed by atoms with Crippen LogP contribution >= 0.6 is 0 Å². The Bertz CT molecular complexity index is 760. The molecule has 176 valence electrons. The maximum atomic E-state index is 12.3. The minimum absolute atomic E-state index is 0.0493. The summed E-state index contributed by atoms with van der Waals surface area (Å²) in [5, 5.41) is 0. The first-order valence-electron chi connectivity index (χ1n) is 10.9. The summed E-state index contributed by atoms with van der Waals surface area (Å²) in [5.74, 6) is -1.89. The Morgan fingerprint density at radius 1 is 0.938 bits per heavy atom. The van der Waals surface area contributed by atoms with Crippen LogP contribution < -0.4 is 4.74 Å². The molecule has 1 fully saturated rings. The van der Waals surface area contributed by atoms with Crippen LogP contribution in [0.3, 0.4) is 0 Å². The van der Waals surface area contributed by atoms with Crippen LogP contribution in [0.25, 0.3) is 0 Å². The van der Waals surface area contributed by atoms with Gasteiger partial charge in [-0.25, -0.2) is 0 Å². The first kappa shape index (κ1) is 25.3. The molecule has 0 bridgehead atoms. The van der Waals surface area contributed by atoms with Gasteiger partial charge in [-0.15, -0.1) is 0 Å². The van der Waals surface area contributed by atoms with Crippen LogP contribution in [-0.2, 0) is 35.2 Å². The number of hydrogen-bond acceptors (Lipinski definition) is 8. The van der Waals surface area contributed by atoms with Crippen LogP contribution in [0, 0.1) is 0 Å². The molecule has 1 saturated heterocycles. The Kier molecular flexibility index (Phi) is 10.7. The third-order valence-electron chi connectivity index (χ3n) is 4.95. The van der Waals surface area contributed by atoms with E-state index in [4.69, 9.17) is 4.74 Å². The quantitative estimate of drug-likeness (QED) is 0.374. The molecular formula is C23H32N2O7. The monoisotopic (exact) mass is 448 g/mol. The highest BCUT2D eigenvalue weighted by atomic mass is 16.5. The van der Waals surface area contributed by atoms with Crippen molar-refractivity contribution in [1.82, 2.24) is 9.80 Å². The van der Waals surface area contributed by atoms with Gasteiger partial charge >= 0.3 is 11.9 Å². The molecule has 0 radical (unpaired) electrons. The predicted molar refractivity (Wildman–Crippen MR) is 116 cm³/mol. The summed E-state index contributed by atoms with van der Waals surface area (Å²) in [6, 6.07) is 7.90. The lowest BCUT2D eigenvalue weighted by Crippen LogP contribution is -2.42. The number of carbonyl (C=O) groups excluding carboxylic acids is 4. The molecule has 32 heavy (non-hydrogen) atoms. The van der Waals surface area contributed by atoms with Gasteiger partial charge in [0.15, 0.2) is 13.2 Å². The molecule has 0 atom stereocenters. The zero-order valence-electron chi connectivity index (χ0n) is 18.8. The van der Waals surface area contributed by atoms with E-state index in [0.717, 1.165) is 30.3 Å². The normalized spacial score (nSPS) is 13.8. The maximum absolute atomic E-state index is 12.3. The number of piperidine rings is 1. The van der Waals surface area contributed by atoms with Gasteiger partial charge in [-0.05, 0) is 50.0 Å². The number of ether oxygens (including phenoxy) is 3. The molecule has 2 amide bonds. The molecule has 0 saturated carbocycles. The summed E-state index contributed by atoms with van der Waals surface area (Å²) >= 11 is 0. The molecule has 1 aromatic carbocycles. The van der Waals surface area contributed by atoms with Crippen LogP contribution in [0.1, 0.15) is 45.1 Å². The number of imide groups is 1. The molecular weight excluding hydrogens is 416 g/mol. The van der Waals surface area contributed by atoms with Gasteiger partial charge in [0.2, 0.25) is 0 Å². The van der Waals surface area contributed by atoms with Crippen molar-refractivity contribution in [1.29, 1.82) is 0 Å². The Hall–Kier alpha value is -2.94. The molecule has 0 aliphatic carbocycles. The van der Waals surface area contributed by atoms with E-state index in [1.54, 1.807) is 0 Å². The van der Waals surface area contributed by atoms with Crippen molar-refractivity contribution >= 4 is 23.8 Å². The zero-order valence-corrected chi connectivity index (χ0v) is 18.8. The fraction of sp³-hybridized carbons (Fsp3) is 0.565. The average molecular weight is 449 g/mol. The lowest BCUT2D eigenvalue weighted by Gasteiger charge is -2.26. The molecule has 2 rings (SSSR count). The zero-order chi connectivity index (χ0) is 23.3. The Morgan fingerprint density at radius 3 is 2.16 bits per heavy atom. The summed E-state index contributed by atoms with van der Waals surface area (Å²) in [4.78, 5) is 49.8. The number of esters is 2. The van der Waals surface area contributed by atoms with Crippen molar-refractivity contribution in [3.05, 3.63) is 29.8 Å². The Morgan fingerprint density at radius 2 is 1.56 bits per heavy atom. The number of nitrogens with zero attached hydrogens (tertiary/aromatic N) is 2. The Balaban J connectivity index is 1.84. The van der Waals surface area contributed by atoms with E-state index in [1.165, 1.54) is 38.7 Å². The van der Waals surface area contributed by atoms with Crippen LogP contribution in [0.2, 0.25) is 0 Å². The van der Waals surface area contributed by atoms with E-state index in [0.29, 0.717) is 6.42 Å². The Labute approximate surface area is 188 Å². The molecule has 1 aliphatic rings. The summed E-state index contributed by atoms with van der Waals surface area (Å²) in [6.45, 7) is 4.69. The van der Waals surface area contributed by atoms with Gasteiger partial charge in [0.1, 0.15) is 5.75 Å². The smallest absolute Gasteiger partial charge is 0.303 e. The third-order valence-corrected chi connectivity index (χ3v) is 4.95. The minimum Gasteiger partial charge on any atom is -0.494 e. The number of amides is 2. The number of carbonyl (C=O) groups is 4. The van der Waals surface area contributed by atoms with Crippen LogP contribution in [0.15, 0.2) is 24.3 Å². The highest BCUT2D eigenvalue weighted by Crippen LogP contribution is 2.17. The van der Waals surface area contributed by atoms with Crippen LogP contribution in [0.4, 0.5) is 0 Å². The van der Waals surface area contributed by atoms with Crippen LogP contribution in [-0.4, -0.2) is 73.0 Å². The minimum atomic E-state index is -0.680. The van der Waals surface area contributed by atoms with Gasteiger partial charge < -0.3 is 14.2 Å². The van der Waals surface area contributed by atoms with E-state index >= 15 is 0 Å². The molecule has 0 aromatic heterocycles. The number of benzene rings is 1. The highest BCUT2D eigenvalue weighted by Gasteiger charge is 2.23. The predicted octanol–water partition coefficient (Wildman–Crippen LogP) is 1.92. The SMILES string of the molecule is CC(=O)OCC(=O)N(CCCOc1cccc(CN2CCCCC2)c1)C(=O)COC(C)=O. The van der Waals surface area contributed by atoms with E-state index < -0.39 is 37.0 Å². The summed E-state index contributed by atoms with van der Waals surface area (Å²) in [7, 11) is 0. The fourth-order valence-corrected chi connectivity index (χ4v) is 3.39. The first-order valence-corrected chi connectivity index (χ1v) is 10.9.